The molecule has 5 rings (SSSR count). The van der Waals surface area contributed by atoms with Gasteiger partial charge in [0.25, 0.3) is 0 Å². The molecule has 0 amide bonds. The Labute approximate surface area is 293 Å². The summed E-state index contributed by atoms with van der Waals surface area (Å²) in [6.07, 6.45) is 23.6. The van der Waals surface area contributed by atoms with Gasteiger partial charge in [-0.15, -0.1) is 29.6 Å². The van der Waals surface area contributed by atoms with Crippen molar-refractivity contribution in [2.75, 3.05) is 0 Å². The molecule has 5 fully saturated rings. The predicted octanol–water partition coefficient (Wildman–Crippen LogP) is 11.3. The van der Waals surface area contributed by atoms with Gasteiger partial charge in [-0.2, -0.15) is 13.3 Å². The quantitative estimate of drug-likeness (QED) is 0.199. The zero-order chi connectivity index (χ0) is 30.4. The molecule has 0 aromatic carbocycles. The predicted molar refractivity (Wildman–Crippen MR) is 185 cm³/mol. The maximum atomic E-state index is 6.96. The molecule has 4 aliphatic carbocycles. The molecule has 0 aromatic rings. The molecule has 4 saturated carbocycles. The molecule has 1 heterocycles. The van der Waals surface area contributed by atoms with Crippen LogP contribution in [0.25, 0.3) is 5.32 Å². The van der Waals surface area contributed by atoms with Crippen LogP contribution in [0.4, 0.5) is 0 Å². The summed E-state index contributed by atoms with van der Waals surface area (Å²) in [6, 6.07) is 2.19. The van der Waals surface area contributed by atoms with Crippen LogP contribution in [0.3, 0.4) is 0 Å². The van der Waals surface area contributed by atoms with Crippen molar-refractivity contribution in [3.63, 3.8) is 0 Å². The van der Waals surface area contributed by atoms with Crippen LogP contribution in [0.5, 0.6) is 0 Å². The van der Waals surface area contributed by atoms with E-state index in [-0.39, 0.29) is 26.2 Å². The Hall–Kier alpha value is 1.09. The van der Waals surface area contributed by atoms with Crippen molar-refractivity contribution in [1.82, 2.24) is 5.32 Å². The third kappa shape index (κ3) is 9.59. The fourth-order valence-electron chi connectivity index (χ4n) is 10.8. The van der Waals surface area contributed by atoms with Gasteiger partial charge in [-0.25, -0.2) is 0 Å². The number of nitrogens with one attached hydrogen (secondary N) is 1. The second kappa shape index (κ2) is 18.6. The van der Waals surface area contributed by atoms with Gasteiger partial charge < -0.3 is 24.0 Å². The van der Waals surface area contributed by atoms with Gasteiger partial charge >= 0.3 is 26.2 Å². The van der Waals surface area contributed by atoms with E-state index in [1.54, 1.807) is 6.92 Å². The number of piperidine rings is 1. The number of hydrogen-bond acceptors (Lipinski definition) is 1. The van der Waals surface area contributed by atoms with Crippen molar-refractivity contribution < 1.29 is 26.2 Å². The molecular weight excluding hydrogens is 623 g/mol. The largest absolute Gasteiger partial charge is 3.00 e. The number of rotatable bonds is 8. The molecule has 0 bridgehead atoms. The minimum atomic E-state index is 0. The van der Waals surface area contributed by atoms with Gasteiger partial charge in [-0.1, -0.05) is 123 Å². The Morgan fingerprint density at radius 1 is 0.698 bits per heavy atom. The zero-order valence-electron chi connectivity index (χ0n) is 29.4. The smallest absolute Gasteiger partial charge is 0.655 e. The van der Waals surface area contributed by atoms with E-state index in [2.05, 4.69) is 60.2 Å². The molecule has 1 saturated heterocycles. The van der Waals surface area contributed by atoms with E-state index in [0.717, 1.165) is 48.3 Å². The fraction of sp³-hybridized carbons (Fsp3) is 0.949. The van der Waals surface area contributed by atoms with E-state index < -0.39 is 0 Å². The Morgan fingerprint density at radius 2 is 1.28 bits per heavy atom. The van der Waals surface area contributed by atoms with Gasteiger partial charge in [0, 0.05) is 5.38 Å². The third-order valence-electron chi connectivity index (χ3n) is 12.9. The molecule has 1 radical (unpaired) electrons. The van der Waals surface area contributed by atoms with E-state index in [0.29, 0.717) is 53.2 Å². The van der Waals surface area contributed by atoms with Crippen LogP contribution >= 0.6 is 11.6 Å². The molecular formula is C39H70ClN2Zr. The minimum Gasteiger partial charge on any atom is -0.655 e. The summed E-state index contributed by atoms with van der Waals surface area (Å²) in [5.74, 6) is 7.63. The first-order valence-corrected chi connectivity index (χ1v) is 19.3. The molecule has 0 aromatic heterocycles. The van der Waals surface area contributed by atoms with Crippen LogP contribution < -0.4 is 5.32 Å². The minimum absolute atomic E-state index is 0. The molecule has 1 N–H and O–H groups in total. The van der Waals surface area contributed by atoms with Crippen molar-refractivity contribution >= 4 is 11.6 Å². The van der Waals surface area contributed by atoms with E-state index in [1.807, 2.05) is 0 Å². The van der Waals surface area contributed by atoms with Gasteiger partial charge in [0.15, 0.2) is 0 Å². The van der Waals surface area contributed by atoms with Crippen molar-refractivity contribution in [3.05, 3.63) is 18.7 Å². The average Bonchev–Trinajstić information content (AvgIpc) is 3.00. The number of nitrogens with zero attached hydrogens (tertiary/aromatic N) is 1. The second-order valence-electron chi connectivity index (χ2n) is 16.3. The Morgan fingerprint density at radius 3 is 1.91 bits per heavy atom. The molecule has 1 aliphatic heterocycles. The number of alkyl halides is 1. The van der Waals surface area contributed by atoms with Crippen molar-refractivity contribution in [3.8, 4) is 0 Å². The van der Waals surface area contributed by atoms with Crippen molar-refractivity contribution in [1.29, 1.82) is 0 Å². The van der Waals surface area contributed by atoms with Crippen LogP contribution in [-0.4, -0.2) is 29.5 Å². The molecule has 10 unspecified atom stereocenters. The second-order valence-corrected chi connectivity index (χ2v) is 16.9. The van der Waals surface area contributed by atoms with Crippen LogP contribution in [0.1, 0.15) is 145 Å². The first-order chi connectivity index (χ1) is 20.2. The summed E-state index contributed by atoms with van der Waals surface area (Å²) in [7, 11) is 0. The van der Waals surface area contributed by atoms with Gasteiger partial charge in [-0.3, -0.25) is 0 Å². The maximum Gasteiger partial charge on any atom is 3.00 e. The zero-order valence-corrected chi connectivity index (χ0v) is 32.6. The summed E-state index contributed by atoms with van der Waals surface area (Å²) < 4.78 is 0. The van der Waals surface area contributed by atoms with Gasteiger partial charge in [0.05, 0.1) is 0 Å². The molecule has 247 valence electrons. The summed E-state index contributed by atoms with van der Waals surface area (Å²) in [6.45, 7) is 19.8. The monoisotopic (exact) mass is 691 g/mol. The number of hydrogen-bond donors (Lipinski definition) is 1. The van der Waals surface area contributed by atoms with Gasteiger partial charge in [0.1, 0.15) is 0 Å². The molecule has 0 spiro atoms. The van der Waals surface area contributed by atoms with E-state index in [4.69, 9.17) is 16.9 Å². The van der Waals surface area contributed by atoms with Crippen LogP contribution in [0.2, 0.25) is 0 Å². The summed E-state index contributed by atoms with van der Waals surface area (Å²) in [5.41, 5.74) is 0. The Bertz CT molecular complexity index is 752. The third-order valence-corrected chi connectivity index (χ3v) is 13.3. The van der Waals surface area contributed by atoms with Crippen LogP contribution in [0, 0.1) is 72.5 Å². The van der Waals surface area contributed by atoms with Crippen molar-refractivity contribution in [2.45, 2.75) is 174 Å². The van der Waals surface area contributed by atoms with E-state index >= 15 is 0 Å². The molecule has 2 nitrogen and oxygen atoms in total. The average molecular weight is 694 g/mol. The Kier molecular flexibility index (Phi) is 16.7. The first kappa shape index (κ1) is 38.5. The molecule has 4 heteroatoms. The SMILES string of the molecule is CC(C)C1CCCCC1C([N-]C1C(C(C)C)CC(Cl)CC1C(C)C)C1CCCC(C2[CH-]CCC3CCCCC32)N1.[CH2-]C.[Zr+3]. The van der Waals surface area contributed by atoms with Gasteiger partial charge in [0.2, 0.25) is 0 Å². The van der Waals surface area contributed by atoms with Crippen molar-refractivity contribution in [2.24, 2.45) is 59.2 Å². The standard InChI is InChI=1S/C37H65ClN2.C2H5.Zr/c1-23(2)28-15-9-10-17-31(28)37(40-36-32(24(3)4)21-27(38)22-33(36)25(5)6)35-20-12-19-34(39-35)30-18-11-14-26-13-7-8-16-29(26)30;1-2;/h18,23-37,39H,7-17,19-22H2,1-6H3;1H2,2H3;/q-2;-1;+3. The Balaban J connectivity index is 0.00000165. The molecule has 10 atom stereocenters. The number of fused-ring (bicyclic) bond motifs is 1. The first-order valence-electron chi connectivity index (χ1n) is 18.9. The molecule has 43 heavy (non-hydrogen) atoms. The van der Waals surface area contributed by atoms with E-state index in [1.165, 1.54) is 83.5 Å². The summed E-state index contributed by atoms with van der Waals surface area (Å²) in [4.78, 5) is 0. The van der Waals surface area contributed by atoms with Gasteiger partial charge in [-0.05, 0) is 73.8 Å². The number of halogens is 1. The topological polar surface area (TPSA) is 26.1 Å². The van der Waals surface area contributed by atoms with Crippen LogP contribution in [0.15, 0.2) is 0 Å². The fourth-order valence-corrected chi connectivity index (χ4v) is 11.2. The van der Waals surface area contributed by atoms with Crippen LogP contribution in [-0.2, 0) is 26.2 Å². The summed E-state index contributed by atoms with van der Waals surface area (Å²) in [5, 5.41) is 11.0. The van der Waals surface area contributed by atoms with E-state index in [9.17, 15) is 0 Å². The maximum absolute atomic E-state index is 6.96. The normalized spacial score (nSPS) is 41.2. The summed E-state index contributed by atoms with van der Waals surface area (Å²) >= 11 is 6.96. The molecule has 5 aliphatic rings.